The molecule has 1 aliphatic heterocycles. The molecule has 0 amide bonds. The fourth-order valence-electron chi connectivity index (χ4n) is 2.57. The molecular weight excluding hydrogens is 276 g/mol. The zero-order chi connectivity index (χ0) is 15.0. The summed E-state index contributed by atoms with van der Waals surface area (Å²) < 4.78 is 11.5. The highest BCUT2D eigenvalue weighted by atomic mass is 16.5. The van der Waals surface area contributed by atoms with Crippen molar-refractivity contribution < 1.29 is 9.47 Å². The number of nitrogens with zero attached hydrogens (tertiary/aromatic N) is 2. The van der Waals surface area contributed by atoms with E-state index in [1.807, 2.05) is 42.5 Å². The molecule has 1 aromatic heterocycles. The maximum atomic E-state index is 5.78. The summed E-state index contributed by atoms with van der Waals surface area (Å²) in [4.78, 5) is 6.68. The van der Waals surface area contributed by atoms with Gasteiger partial charge in [-0.15, -0.1) is 0 Å². The minimum atomic E-state index is 0.482. The fraction of sp³-hybridized carbons (Fsp3) is 0.389. The topological polar surface area (TPSA) is 34.6 Å². The third kappa shape index (κ3) is 4.46. The van der Waals surface area contributed by atoms with Gasteiger partial charge in [0.1, 0.15) is 24.7 Å². The van der Waals surface area contributed by atoms with Crippen molar-refractivity contribution in [2.24, 2.45) is 0 Å². The Morgan fingerprint density at radius 1 is 0.909 bits per heavy atom. The van der Waals surface area contributed by atoms with E-state index in [4.69, 9.17) is 9.47 Å². The number of benzene rings is 1. The summed E-state index contributed by atoms with van der Waals surface area (Å²) >= 11 is 0. The van der Waals surface area contributed by atoms with E-state index in [1.165, 1.54) is 25.9 Å². The molecule has 2 heterocycles. The molecular formula is C18H22N2O2. The summed E-state index contributed by atoms with van der Waals surface area (Å²) in [7, 11) is 0. The molecule has 0 spiro atoms. The zero-order valence-corrected chi connectivity index (χ0v) is 12.8. The van der Waals surface area contributed by atoms with Crippen LogP contribution in [0.3, 0.4) is 0 Å². The normalized spacial score (nSPS) is 14.9. The van der Waals surface area contributed by atoms with Crippen LogP contribution in [0.4, 0.5) is 0 Å². The molecule has 2 aromatic rings. The summed E-state index contributed by atoms with van der Waals surface area (Å²) in [6, 6.07) is 13.6. The van der Waals surface area contributed by atoms with Crippen molar-refractivity contribution >= 4 is 0 Å². The summed E-state index contributed by atoms with van der Waals surface area (Å²) in [5.41, 5.74) is 0.924. The lowest BCUT2D eigenvalue weighted by molar-refractivity contribution is 0.237. The molecule has 0 atom stereocenters. The predicted molar refractivity (Wildman–Crippen MR) is 86.2 cm³/mol. The van der Waals surface area contributed by atoms with Gasteiger partial charge in [-0.05, 0) is 62.3 Å². The smallest absolute Gasteiger partial charge is 0.130 e. The predicted octanol–water partition coefficient (Wildman–Crippen LogP) is 3.14. The van der Waals surface area contributed by atoms with Gasteiger partial charge in [-0.1, -0.05) is 6.07 Å². The van der Waals surface area contributed by atoms with Gasteiger partial charge in [0.15, 0.2) is 0 Å². The highest BCUT2D eigenvalue weighted by Crippen LogP contribution is 2.18. The van der Waals surface area contributed by atoms with Crippen LogP contribution in [-0.2, 0) is 6.61 Å². The lowest BCUT2D eigenvalue weighted by atomic mass is 10.3. The van der Waals surface area contributed by atoms with Gasteiger partial charge in [0, 0.05) is 12.7 Å². The summed E-state index contributed by atoms with van der Waals surface area (Å²) in [6.07, 6.45) is 4.42. The second-order valence-electron chi connectivity index (χ2n) is 5.48. The van der Waals surface area contributed by atoms with Crippen LogP contribution < -0.4 is 9.47 Å². The Hall–Kier alpha value is -2.07. The molecule has 22 heavy (non-hydrogen) atoms. The molecule has 0 unspecified atom stereocenters. The first-order valence-corrected chi connectivity index (χ1v) is 7.88. The first kappa shape index (κ1) is 14.9. The molecule has 4 nitrogen and oxygen atoms in total. The van der Waals surface area contributed by atoms with Gasteiger partial charge in [0.25, 0.3) is 0 Å². The van der Waals surface area contributed by atoms with Crippen molar-refractivity contribution in [1.29, 1.82) is 0 Å². The van der Waals surface area contributed by atoms with Crippen molar-refractivity contribution in [3.8, 4) is 11.5 Å². The molecule has 3 rings (SSSR count). The van der Waals surface area contributed by atoms with Crippen molar-refractivity contribution in [3.05, 3.63) is 54.4 Å². The molecule has 4 heteroatoms. The van der Waals surface area contributed by atoms with E-state index < -0.39 is 0 Å². The number of aromatic nitrogens is 1. The maximum Gasteiger partial charge on any atom is 0.130 e. The number of ether oxygens (including phenoxy) is 2. The van der Waals surface area contributed by atoms with Gasteiger partial charge in [0.2, 0.25) is 0 Å². The number of hydrogen-bond donors (Lipinski definition) is 0. The Labute approximate surface area is 131 Å². The van der Waals surface area contributed by atoms with Crippen molar-refractivity contribution in [3.63, 3.8) is 0 Å². The molecule has 0 aliphatic carbocycles. The lowest BCUT2D eigenvalue weighted by Crippen LogP contribution is -2.25. The minimum Gasteiger partial charge on any atom is -0.492 e. The number of likely N-dealkylation sites (tertiary alicyclic amines) is 1. The Balaban J connectivity index is 1.41. The van der Waals surface area contributed by atoms with Crippen LogP contribution in [0.5, 0.6) is 11.5 Å². The fourth-order valence-corrected chi connectivity index (χ4v) is 2.57. The third-order valence-corrected chi connectivity index (χ3v) is 3.81. The van der Waals surface area contributed by atoms with E-state index in [-0.39, 0.29) is 0 Å². The van der Waals surface area contributed by atoms with Gasteiger partial charge in [-0.3, -0.25) is 9.88 Å². The molecule has 1 aromatic carbocycles. The third-order valence-electron chi connectivity index (χ3n) is 3.81. The van der Waals surface area contributed by atoms with Gasteiger partial charge >= 0.3 is 0 Å². The molecule has 1 fully saturated rings. The minimum absolute atomic E-state index is 0.482. The van der Waals surface area contributed by atoms with Crippen molar-refractivity contribution in [2.75, 3.05) is 26.2 Å². The molecule has 0 saturated carbocycles. The highest BCUT2D eigenvalue weighted by molar-refractivity contribution is 5.31. The molecule has 0 radical (unpaired) electrons. The SMILES string of the molecule is c1ccc(COc2ccc(OCCN3CCCC3)cc2)nc1. The zero-order valence-electron chi connectivity index (χ0n) is 12.8. The van der Waals surface area contributed by atoms with Gasteiger partial charge in [-0.25, -0.2) is 0 Å². The highest BCUT2D eigenvalue weighted by Gasteiger charge is 2.10. The van der Waals surface area contributed by atoms with E-state index in [1.54, 1.807) is 6.20 Å². The van der Waals surface area contributed by atoms with E-state index in [0.717, 1.165) is 30.3 Å². The Morgan fingerprint density at radius 2 is 1.64 bits per heavy atom. The number of hydrogen-bond acceptors (Lipinski definition) is 4. The van der Waals surface area contributed by atoms with Gasteiger partial charge in [-0.2, -0.15) is 0 Å². The van der Waals surface area contributed by atoms with Crippen LogP contribution in [0.15, 0.2) is 48.7 Å². The first-order valence-electron chi connectivity index (χ1n) is 7.88. The largest absolute Gasteiger partial charge is 0.492 e. The molecule has 1 saturated heterocycles. The van der Waals surface area contributed by atoms with Crippen LogP contribution in [-0.4, -0.2) is 36.1 Å². The maximum absolute atomic E-state index is 5.78. The van der Waals surface area contributed by atoms with Crippen LogP contribution in [0.2, 0.25) is 0 Å². The van der Waals surface area contributed by atoms with Gasteiger partial charge < -0.3 is 9.47 Å². The average Bonchev–Trinajstić information content (AvgIpc) is 3.08. The quantitative estimate of drug-likeness (QED) is 0.786. The van der Waals surface area contributed by atoms with E-state index in [0.29, 0.717) is 6.61 Å². The summed E-state index contributed by atoms with van der Waals surface area (Å²) in [5.74, 6) is 1.72. The molecule has 1 aliphatic rings. The number of rotatable bonds is 7. The lowest BCUT2D eigenvalue weighted by Gasteiger charge is -2.15. The van der Waals surface area contributed by atoms with Crippen LogP contribution in [0.25, 0.3) is 0 Å². The Morgan fingerprint density at radius 3 is 2.32 bits per heavy atom. The summed E-state index contributed by atoms with van der Waals surface area (Å²) in [6.45, 7) is 4.66. The van der Waals surface area contributed by atoms with Crippen molar-refractivity contribution in [1.82, 2.24) is 9.88 Å². The van der Waals surface area contributed by atoms with Crippen LogP contribution in [0.1, 0.15) is 18.5 Å². The van der Waals surface area contributed by atoms with Crippen molar-refractivity contribution in [2.45, 2.75) is 19.4 Å². The van der Waals surface area contributed by atoms with E-state index >= 15 is 0 Å². The number of pyridine rings is 1. The van der Waals surface area contributed by atoms with E-state index in [2.05, 4.69) is 9.88 Å². The standard InChI is InChI=1S/C18H22N2O2/c1-2-10-19-16(5-1)15-22-18-8-6-17(7-9-18)21-14-13-20-11-3-4-12-20/h1-2,5-10H,3-4,11-15H2. The first-order chi connectivity index (χ1) is 10.9. The molecule has 0 bridgehead atoms. The van der Waals surface area contributed by atoms with E-state index in [9.17, 15) is 0 Å². The van der Waals surface area contributed by atoms with Crippen LogP contribution >= 0.6 is 0 Å². The summed E-state index contributed by atoms with van der Waals surface area (Å²) in [5, 5.41) is 0. The second kappa shape index (κ2) is 7.80. The molecule has 116 valence electrons. The molecule has 0 N–H and O–H groups in total. The Kier molecular flexibility index (Phi) is 5.27. The average molecular weight is 298 g/mol. The van der Waals surface area contributed by atoms with Crippen LogP contribution in [0, 0.1) is 0 Å². The second-order valence-corrected chi connectivity index (χ2v) is 5.48. The monoisotopic (exact) mass is 298 g/mol. The van der Waals surface area contributed by atoms with Gasteiger partial charge in [0.05, 0.1) is 5.69 Å². The Bertz CT molecular complexity index is 551.